The maximum absolute atomic E-state index is 5.74. The summed E-state index contributed by atoms with van der Waals surface area (Å²) < 4.78 is 7.98. The molecule has 2 nitrogen and oxygen atoms in total. The molecule has 1 unspecified atom stereocenters. The van der Waals surface area contributed by atoms with Crippen LogP contribution in [0.2, 0.25) is 0 Å². The van der Waals surface area contributed by atoms with Crippen molar-refractivity contribution in [1.29, 1.82) is 0 Å². The largest absolute Gasteiger partial charge is 1.00 e. The van der Waals surface area contributed by atoms with Gasteiger partial charge in [-0.15, -0.1) is 4.57 Å². The molecule has 0 N–H and O–H groups in total. The van der Waals surface area contributed by atoms with E-state index < -0.39 is 0 Å². The predicted octanol–water partition coefficient (Wildman–Crippen LogP) is -0.406. The van der Waals surface area contributed by atoms with E-state index in [-0.39, 0.29) is 17.0 Å². The van der Waals surface area contributed by atoms with Crippen molar-refractivity contribution < 1.29 is 26.0 Å². The number of nitrogens with zero attached hydrogens (tertiary/aromatic N) is 1. The van der Waals surface area contributed by atoms with Gasteiger partial charge in [-0.3, -0.25) is 0 Å². The summed E-state index contributed by atoms with van der Waals surface area (Å²) >= 11 is 5.42. The van der Waals surface area contributed by atoms with Crippen molar-refractivity contribution in [2.75, 3.05) is 5.75 Å². The highest BCUT2D eigenvalue weighted by molar-refractivity contribution is 9.09. The highest BCUT2D eigenvalue weighted by Gasteiger charge is 2.30. The normalized spacial score (nSPS) is 19.7. The Morgan fingerprint density at radius 1 is 1.40 bits per heavy atom. The van der Waals surface area contributed by atoms with E-state index in [0.717, 1.165) is 23.1 Å². The fourth-order valence-electron chi connectivity index (χ4n) is 1.71. The number of benzene rings is 1. The molecule has 5 heteroatoms. The van der Waals surface area contributed by atoms with Crippen LogP contribution < -0.4 is 21.5 Å². The van der Waals surface area contributed by atoms with E-state index in [1.165, 1.54) is 5.52 Å². The zero-order chi connectivity index (χ0) is 9.54. The van der Waals surface area contributed by atoms with Gasteiger partial charge in [0.15, 0.2) is 6.54 Å². The predicted molar refractivity (Wildman–Crippen MR) is 59.8 cm³/mol. The van der Waals surface area contributed by atoms with Crippen molar-refractivity contribution in [2.45, 2.75) is 16.6 Å². The molecule has 80 valence electrons. The molecule has 1 atom stereocenters. The van der Waals surface area contributed by atoms with Crippen LogP contribution in [-0.2, 0) is 6.54 Å². The molecule has 0 spiro atoms. The lowest BCUT2D eigenvalue weighted by Gasteiger charge is -2.08. The molecule has 0 radical (unpaired) electrons. The number of thioether (sulfide) groups is 1. The minimum Gasteiger partial charge on any atom is -1.00 e. The Bertz CT molecular complexity index is 485. The fraction of sp³-hybridized carbons (Fsp3) is 0.300. The SMILES string of the molecule is BrC1CSc2oc3ccccc3[n+]2C1.[Br-]. The van der Waals surface area contributed by atoms with Gasteiger partial charge in [-0.2, -0.15) is 0 Å². The third kappa shape index (κ3) is 1.97. The molecule has 0 saturated heterocycles. The van der Waals surface area contributed by atoms with Crippen LogP contribution in [0.15, 0.2) is 33.9 Å². The summed E-state index contributed by atoms with van der Waals surface area (Å²) in [5, 5.41) is 1.03. The molecule has 1 aromatic heterocycles. The first kappa shape index (κ1) is 11.5. The first-order chi connectivity index (χ1) is 6.84. The zero-order valence-corrected chi connectivity index (χ0v) is 11.8. The third-order valence-corrected chi connectivity index (χ3v) is 4.50. The van der Waals surface area contributed by atoms with Crippen molar-refractivity contribution in [3.63, 3.8) is 0 Å². The second-order valence-corrected chi connectivity index (χ2v) is 5.62. The molecule has 0 bridgehead atoms. The second-order valence-electron chi connectivity index (χ2n) is 3.35. The van der Waals surface area contributed by atoms with Crippen LogP contribution in [-0.4, -0.2) is 10.6 Å². The van der Waals surface area contributed by atoms with E-state index in [1.54, 1.807) is 11.8 Å². The van der Waals surface area contributed by atoms with Crippen LogP contribution in [0.25, 0.3) is 11.1 Å². The average molecular weight is 351 g/mol. The second kappa shape index (κ2) is 4.47. The number of hydrogen-bond donors (Lipinski definition) is 0. The number of oxazole rings is 1. The van der Waals surface area contributed by atoms with Crippen LogP contribution in [0.5, 0.6) is 0 Å². The van der Waals surface area contributed by atoms with Gasteiger partial charge in [0.05, 0.1) is 4.83 Å². The van der Waals surface area contributed by atoms with E-state index in [1.807, 2.05) is 18.2 Å². The topological polar surface area (TPSA) is 17.0 Å². The fourth-order valence-corrected chi connectivity index (χ4v) is 3.30. The molecule has 15 heavy (non-hydrogen) atoms. The van der Waals surface area contributed by atoms with Gasteiger partial charge in [0, 0.05) is 11.8 Å². The molecule has 0 fully saturated rings. The van der Waals surface area contributed by atoms with E-state index in [2.05, 4.69) is 26.6 Å². The highest BCUT2D eigenvalue weighted by atomic mass is 79.9. The lowest BCUT2D eigenvalue weighted by atomic mass is 10.3. The lowest BCUT2D eigenvalue weighted by molar-refractivity contribution is -0.716. The number of halogens is 2. The van der Waals surface area contributed by atoms with Crippen LogP contribution in [0.1, 0.15) is 0 Å². The minimum absolute atomic E-state index is 0. The molecule has 0 amide bonds. The van der Waals surface area contributed by atoms with Crippen LogP contribution in [0, 0.1) is 0 Å². The maximum Gasteiger partial charge on any atom is 0.412 e. The summed E-state index contributed by atoms with van der Waals surface area (Å²) in [6, 6.07) is 8.18. The Hall–Kier alpha value is -0.000000000000000111. The third-order valence-electron chi connectivity index (χ3n) is 2.34. The number of aromatic nitrogens is 1. The van der Waals surface area contributed by atoms with Crippen molar-refractivity contribution in [2.24, 2.45) is 0 Å². The summed E-state index contributed by atoms with van der Waals surface area (Å²) in [6.45, 7) is 0.999. The van der Waals surface area contributed by atoms with Gasteiger partial charge in [-0.05, 0) is 17.8 Å². The lowest BCUT2D eigenvalue weighted by Crippen LogP contribution is -3.00. The monoisotopic (exact) mass is 349 g/mol. The minimum atomic E-state index is 0. The van der Waals surface area contributed by atoms with E-state index in [4.69, 9.17) is 4.42 Å². The Labute approximate surface area is 111 Å². The first-order valence-corrected chi connectivity index (χ1v) is 6.43. The maximum atomic E-state index is 5.74. The van der Waals surface area contributed by atoms with Crippen molar-refractivity contribution in [3.05, 3.63) is 24.3 Å². The Morgan fingerprint density at radius 2 is 2.20 bits per heavy atom. The number of rotatable bonds is 0. The van der Waals surface area contributed by atoms with Crippen molar-refractivity contribution in [3.8, 4) is 0 Å². The average Bonchev–Trinajstić information content (AvgIpc) is 2.56. The summed E-state index contributed by atoms with van der Waals surface area (Å²) in [7, 11) is 0. The van der Waals surface area contributed by atoms with Gasteiger partial charge in [-0.25, -0.2) is 0 Å². The number of hydrogen-bond acceptors (Lipinski definition) is 2. The van der Waals surface area contributed by atoms with E-state index in [0.29, 0.717) is 4.83 Å². The van der Waals surface area contributed by atoms with Gasteiger partial charge >= 0.3 is 5.22 Å². The van der Waals surface area contributed by atoms with Gasteiger partial charge < -0.3 is 21.4 Å². The molecule has 3 rings (SSSR count). The Kier molecular flexibility index (Phi) is 3.42. The van der Waals surface area contributed by atoms with Crippen LogP contribution in [0.4, 0.5) is 0 Å². The van der Waals surface area contributed by atoms with Crippen molar-refractivity contribution >= 4 is 38.8 Å². The number of fused-ring (bicyclic) bond motifs is 3. The summed E-state index contributed by atoms with van der Waals surface area (Å²) in [5.41, 5.74) is 2.18. The smallest absolute Gasteiger partial charge is 0.412 e. The first-order valence-electron chi connectivity index (χ1n) is 4.53. The number of para-hydroxylation sites is 2. The van der Waals surface area contributed by atoms with Gasteiger partial charge in [0.2, 0.25) is 5.58 Å². The summed E-state index contributed by atoms with van der Waals surface area (Å²) in [4.78, 5) is 0.547. The highest BCUT2D eigenvalue weighted by Crippen LogP contribution is 2.27. The molecule has 1 aromatic carbocycles. The van der Waals surface area contributed by atoms with Gasteiger partial charge in [0.25, 0.3) is 5.52 Å². The summed E-state index contributed by atoms with van der Waals surface area (Å²) in [6.07, 6.45) is 0. The molecule has 0 saturated carbocycles. The molecule has 2 aromatic rings. The van der Waals surface area contributed by atoms with Crippen LogP contribution in [0.3, 0.4) is 0 Å². The number of alkyl halides is 1. The van der Waals surface area contributed by atoms with E-state index >= 15 is 0 Å². The van der Waals surface area contributed by atoms with Gasteiger partial charge in [-0.1, -0.05) is 28.1 Å². The molecule has 1 aliphatic heterocycles. The Balaban J connectivity index is 0.000000853. The molecule has 1 aliphatic rings. The quantitative estimate of drug-likeness (QED) is 0.475. The molecule has 2 heterocycles. The zero-order valence-electron chi connectivity index (χ0n) is 7.82. The standard InChI is InChI=1S/C10H9BrNOS.BrH/c11-7-5-12-8-3-1-2-4-9(8)13-10(12)14-6-7;/h1-4,7H,5-6H2;1H/q+1;/p-1. The summed E-state index contributed by atoms with van der Waals surface area (Å²) in [5.74, 6) is 1.08. The Morgan fingerprint density at radius 3 is 3.07 bits per heavy atom. The molecular weight excluding hydrogens is 342 g/mol. The van der Waals surface area contributed by atoms with Crippen molar-refractivity contribution in [1.82, 2.24) is 0 Å². The van der Waals surface area contributed by atoms with Gasteiger partial charge in [0.1, 0.15) is 0 Å². The molecular formula is C10H9Br2NOS. The van der Waals surface area contributed by atoms with Crippen LogP contribution >= 0.6 is 27.7 Å². The molecule has 0 aliphatic carbocycles. The van der Waals surface area contributed by atoms with E-state index in [9.17, 15) is 0 Å².